The highest BCUT2D eigenvalue weighted by atomic mass is 127. The summed E-state index contributed by atoms with van der Waals surface area (Å²) in [6.45, 7) is 4.16. The minimum absolute atomic E-state index is 0. The number of rotatable bonds is 5. The highest BCUT2D eigenvalue weighted by Crippen LogP contribution is 2.40. The molecular weight excluding hydrogens is 639 g/mol. The van der Waals surface area contributed by atoms with E-state index in [4.69, 9.17) is 10.1 Å². The number of aromatic nitrogens is 1. The van der Waals surface area contributed by atoms with Gasteiger partial charge in [-0.25, -0.2) is 9.99 Å². The summed E-state index contributed by atoms with van der Waals surface area (Å²) >= 11 is 3.82. The van der Waals surface area contributed by atoms with Gasteiger partial charge in [-0.15, -0.1) is 28.3 Å². The fourth-order valence-corrected chi connectivity index (χ4v) is 5.32. The van der Waals surface area contributed by atoms with Crippen LogP contribution in [0.1, 0.15) is 34.7 Å². The van der Waals surface area contributed by atoms with Crippen molar-refractivity contribution in [2.24, 2.45) is 5.10 Å². The van der Waals surface area contributed by atoms with Crippen molar-refractivity contribution < 1.29 is 4.92 Å². The van der Waals surface area contributed by atoms with Gasteiger partial charge in [0, 0.05) is 38.6 Å². The normalized spacial score (nSPS) is 15.0. The molecule has 1 aliphatic heterocycles. The minimum Gasteiger partial charge on any atom is -0.258 e. The number of hydrogen-bond donors (Lipinski definition) is 0. The number of non-ortho nitro benzene ring substituents is 1. The van der Waals surface area contributed by atoms with E-state index in [1.54, 1.807) is 12.1 Å². The number of hydrogen-bond acceptors (Lipinski definition) is 6. The predicted molar refractivity (Wildman–Crippen MR) is 156 cm³/mol. The summed E-state index contributed by atoms with van der Waals surface area (Å²) in [5.41, 5.74) is 7.26. The van der Waals surface area contributed by atoms with Crippen molar-refractivity contribution in [1.29, 1.82) is 0 Å². The fourth-order valence-electron chi connectivity index (χ4n) is 4.12. The van der Waals surface area contributed by atoms with Crippen LogP contribution in [0.15, 0.2) is 77.2 Å². The fraction of sp³-hybridized carbons (Fsp3) is 0.154. The van der Waals surface area contributed by atoms with Gasteiger partial charge in [-0.3, -0.25) is 10.1 Å². The maximum Gasteiger partial charge on any atom is 0.269 e. The van der Waals surface area contributed by atoms with Gasteiger partial charge in [0.2, 0.25) is 5.13 Å². The Balaban J connectivity index is 0.00000289. The lowest BCUT2D eigenvalue weighted by atomic mass is 9.95. The third-order valence-electron chi connectivity index (χ3n) is 5.91. The van der Waals surface area contributed by atoms with Crippen LogP contribution < -0.4 is 5.01 Å². The molecule has 9 heteroatoms. The van der Waals surface area contributed by atoms with Crippen molar-refractivity contribution in [3.05, 3.63) is 108 Å². The molecule has 0 N–H and O–H groups in total. The average molecular weight is 661 g/mol. The molecule has 0 radical (unpaired) electrons. The molecule has 0 saturated carbocycles. The first kappa shape index (κ1) is 25.5. The highest BCUT2D eigenvalue weighted by Gasteiger charge is 2.33. The first-order valence-electron chi connectivity index (χ1n) is 10.8. The number of aryl methyl sites for hydroxylation is 2. The Bertz CT molecular complexity index is 1420. The van der Waals surface area contributed by atoms with Crippen molar-refractivity contribution in [2.45, 2.75) is 26.3 Å². The second-order valence-corrected chi connectivity index (χ2v) is 10.4. The Kier molecular flexibility index (Phi) is 7.67. The second kappa shape index (κ2) is 10.5. The molecule has 0 aliphatic carbocycles. The van der Waals surface area contributed by atoms with E-state index in [-0.39, 0.29) is 33.6 Å². The summed E-state index contributed by atoms with van der Waals surface area (Å²) in [5.74, 6) is 0. The van der Waals surface area contributed by atoms with Gasteiger partial charge in [-0.05, 0) is 65.8 Å². The third kappa shape index (κ3) is 5.31. The zero-order chi connectivity index (χ0) is 23.8. The molecular formula is C26H22BrIN4O2S. The van der Waals surface area contributed by atoms with E-state index in [2.05, 4.69) is 78.9 Å². The Morgan fingerprint density at radius 3 is 2.60 bits per heavy atom. The quantitative estimate of drug-likeness (QED) is 0.124. The van der Waals surface area contributed by atoms with Gasteiger partial charge < -0.3 is 0 Å². The topological polar surface area (TPSA) is 71.6 Å². The molecule has 5 rings (SSSR count). The second-order valence-electron chi connectivity index (χ2n) is 8.30. The molecule has 2 heterocycles. The molecule has 3 aromatic carbocycles. The molecule has 1 atom stereocenters. The maximum atomic E-state index is 11.4. The molecule has 4 aromatic rings. The third-order valence-corrected chi connectivity index (χ3v) is 7.46. The van der Waals surface area contributed by atoms with E-state index in [0.717, 1.165) is 38.8 Å². The van der Waals surface area contributed by atoms with Gasteiger partial charge in [0.25, 0.3) is 5.69 Å². The van der Waals surface area contributed by atoms with Crippen molar-refractivity contribution in [2.75, 3.05) is 5.01 Å². The zero-order valence-corrected chi connectivity index (χ0v) is 23.7. The monoisotopic (exact) mass is 660 g/mol. The number of anilines is 1. The standard InChI is InChI=1S/C26H21IN4O2S.BrH/c1-16-6-7-17(2)22(12-16)23-14-25(19-4-3-5-21(13-19)31(32)33)30(29-23)26-28-24(15-34-26)18-8-10-20(27)11-9-18;/h3-13,15,25H,14H2,1-2H3;1H. The molecule has 6 nitrogen and oxygen atoms in total. The van der Waals surface area contributed by atoms with Crippen molar-refractivity contribution in [3.63, 3.8) is 0 Å². The number of nitrogens with zero attached hydrogens (tertiary/aromatic N) is 4. The van der Waals surface area contributed by atoms with Gasteiger partial charge in [0.05, 0.1) is 22.4 Å². The van der Waals surface area contributed by atoms with Crippen molar-refractivity contribution in [1.82, 2.24) is 4.98 Å². The molecule has 1 aromatic heterocycles. The van der Waals surface area contributed by atoms with E-state index >= 15 is 0 Å². The lowest BCUT2D eigenvalue weighted by Gasteiger charge is -2.21. The molecule has 0 amide bonds. The number of thiazole rings is 1. The lowest BCUT2D eigenvalue weighted by Crippen LogP contribution is -2.18. The van der Waals surface area contributed by atoms with Gasteiger partial charge in [-0.2, -0.15) is 5.10 Å². The largest absolute Gasteiger partial charge is 0.269 e. The number of halogens is 2. The van der Waals surface area contributed by atoms with Crippen molar-refractivity contribution >= 4 is 67.4 Å². The number of nitro groups is 1. The molecule has 0 saturated heterocycles. The first-order valence-corrected chi connectivity index (χ1v) is 12.7. The van der Waals surface area contributed by atoms with E-state index in [1.807, 2.05) is 16.5 Å². The molecule has 0 fully saturated rings. The summed E-state index contributed by atoms with van der Waals surface area (Å²) in [5, 5.41) is 21.2. The van der Waals surface area contributed by atoms with Gasteiger partial charge in [0.15, 0.2) is 0 Å². The Morgan fingerprint density at radius 2 is 1.86 bits per heavy atom. The summed E-state index contributed by atoms with van der Waals surface area (Å²) in [6.07, 6.45) is 0.643. The van der Waals surface area contributed by atoms with Crippen LogP contribution in [0, 0.1) is 27.5 Å². The molecule has 35 heavy (non-hydrogen) atoms. The van der Waals surface area contributed by atoms with Crippen LogP contribution in [-0.4, -0.2) is 15.6 Å². The van der Waals surface area contributed by atoms with Crippen LogP contribution in [0.2, 0.25) is 0 Å². The summed E-state index contributed by atoms with van der Waals surface area (Å²) in [4.78, 5) is 16.0. The molecule has 1 aliphatic rings. The molecule has 0 bridgehead atoms. The Morgan fingerprint density at radius 1 is 1.09 bits per heavy atom. The summed E-state index contributed by atoms with van der Waals surface area (Å²) < 4.78 is 1.17. The van der Waals surface area contributed by atoms with Gasteiger partial charge >= 0.3 is 0 Å². The predicted octanol–water partition coefficient (Wildman–Crippen LogP) is 7.87. The number of benzene rings is 3. The number of hydrazone groups is 1. The van der Waals surface area contributed by atoms with Crippen LogP contribution >= 0.6 is 50.9 Å². The van der Waals surface area contributed by atoms with E-state index in [9.17, 15) is 10.1 Å². The van der Waals surface area contributed by atoms with Crippen molar-refractivity contribution in [3.8, 4) is 11.3 Å². The zero-order valence-electron chi connectivity index (χ0n) is 19.0. The van der Waals surface area contributed by atoms with Crippen LogP contribution in [0.25, 0.3) is 11.3 Å². The van der Waals surface area contributed by atoms with Gasteiger partial charge in [-0.1, -0.05) is 42.0 Å². The SMILES string of the molecule is Br.Cc1ccc(C)c(C2=NN(c3nc(-c4ccc(I)cc4)cs3)C(c3cccc([N+](=O)[O-])c3)C2)c1. The van der Waals surface area contributed by atoms with E-state index in [1.165, 1.54) is 26.5 Å². The maximum absolute atomic E-state index is 11.4. The van der Waals surface area contributed by atoms with Crippen LogP contribution in [0.4, 0.5) is 10.8 Å². The summed E-state index contributed by atoms with van der Waals surface area (Å²) in [7, 11) is 0. The van der Waals surface area contributed by atoms with Gasteiger partial charge in [0.1, 0.15) is 0 Å². The van der Waals surface area contributed by atoms with Crippen LogP contribution in [-0.2, 0) is 0 Å². The minimum atomic E-state index is -0.354. The average Bonchev–Trinajstić information content (AvgIpc) is 3.49. The Hall–Kier alpha value is -2.63. The Labute approximate surface area is 231 Å². The lowest BCUT2D eigenvalue weighted by molar-refractivity contribution is -0.384. The van der Waals surface area contributed by atoms with E-state index in [0.29, 0.717) is 6.42 Å². The highest BCUT2D eigenvalue weighted by molar-refractivity contribution is 14.1. The van der Waals surface area contributed by atoms with E-state index < -0.39 is 0 Å². The van der Waals surface area contributed by atoms with Crippen LogP contribution in [0.5, 0.6) is 0 Å². The smallest absolute Gasteiger partial charge is 0.258 e. The summed E-state index contributed by atoms with van der Waals surface area (Å²) in [6, 6.07) is 21.3. The van der Waals surface area contributed by atoms with Crippen LogP contribution in [0.3, 0.4) is 0 Å². The number of nitro benzene ring substituents is 1. The first-order chi connectivity index (χ1) is 16.4. The molecule has 178 valence electrons. The molecule has 1 unspecified atom stereocenters. The molecule has 0 spiro atoms.